The third kappa shape index (κ3) is 5.49. The van der Waals surface area contributed by atoms with E-state index in [-0.39, 0.29) is 6.10 Å². The highest BCUT2D eigenvalue weighted by molar-refractivity contribution is 9.11. The zero-order valence-electron chi connectivity index (χ0n) is 28.5. The number of benzene rings is 4. The van der Waals surface area contributed by atoms with Crippen LogP contribution in [0.15, 0.2) is 50.9 Å². The number of methoxy groups -OCH3 is 1. The maximum absolute atomic E-state index is 5.69. The Balaban J connectivity index is 0.000000169. The molecule has 4 aromatic carbocycles. The minimum absolute atomic E-state index is 0.251. The van der Waals surface area contributed by atoms with E-state index in [9.17, 15) is 0 Å². The molecule has 0 bridgehead atoms. The summed E-state index contributed by atoms with van der Waals surface area (Å²) in [5, 5.41) is 0. The number of fused-ring (bicyclic) bond motifs is 4. The molecule has 46 heavy (non-hydrogen) atoms. The van der Waals surface area contributed by atoms with Crippen LogP contribution >= 0.6 is 31.9 Å². The van der Waals surface area contributed by atoms with Crippen molar-refractivity contribution < 1.29 is 4.74 Å². The van der Waals surface area contributed by atoms with Gasteiger partial charge in [0.25, 0.3) is 0 Å². The Labute approximate surface area is 293 Å². The first-order valence-electron chi connectivity index (χ1n) is 17.1. The minimum atomic E-state index is 0.251. The van der Waals surface area contributed by atoms with Gasteiger partial charge in [0.2, 0.25) is 0 Å². The van der Waals surface area contributed by atoms with Gasteiger partial charge in [-0.2, -0.15) is 0 Å². The van der Waals surface area contributed by atoms with Crippen molar-refractivity contribution >= 4 is 37.9 Å². The third-order valence-corrected chi connectivity index (χ3v) is 12.6. The molecule has 4 aliphatic rings. The quantitative estimate of drug-likeness (QED) is 0.203. The summed E-state index contributed by atoms with van der Waals surface area (Å²) >= 11 is 7.65. The molecule has 3 heteroatoms. The van der Waals surface area contributed by atoms with Gasteiger partial charge in [0, 0.05) is 16.1 Å². The number of allylic oxidation sites excluding steroid dienone is 1. The van der Waals surface area contributed by atoms with Crippen molar-refractivity contribution in [1.29, 1.82) is 0 Å². The third-order valence-electron chi connectivity index (χ3n) is 10.7. The molecule has 238 valence electrons. The van der Waals surface area contributed by atoms with Gasteiger partial charge in [-0.15, -0.1) is 0 Å². The largest absolute Gasteiger partial charge is 0.376 e. The second-order valence-corrected chi connectivity index (χ2v) is 16.1. The predicted molar refractivity (Wildman–Crippen MR) is 202 cm³/mol. The summed E-state index contributed by atoms with van der Waals surface area (Å²) in [7, 11) is 1.82. The first-order chi connectivity index (χ1) is 22.0. The van der Waals surface area contributed by atoms with Crippen LogP contribution in [0.25, 0.3) is 28.3 Å². The SMILES string of the molecule is CC1=Cc2c(c(-c3cc(C)cc(C)c3)c3c(c2-c2cc(C)cc(C)c2)CCC3)C1.COC1c2c(Br)c3c(c(Br)c2CC1C)CCC3. The normalized spacial score (nSPS) is 18.9. The molecule has 0 amide bonds. The summed E-state index contributed by atoms with van der Waals surface area (Å²) in [5.41, 5.74) is 25.0. The lowest BCUT2D eigenvalue weighted by molar-refractivity contribution is 0.0690. The monoisotopic (exact) mass is 736 g/mol. The summed E-state index contributed by atoms with van der Waals surface area (Å²) in [6, 6.07) is 14.1. The number of halogens is 2. The smallest absolute Gasteiger partial charge is 0.0863 e. The molecule has 4 aromatic rings. The van der Waals surface area contributed by atoms with Crippen molar-refractivity contribution in [3.63, 3.8) is 0 Å². The first-order valence-corrected chi connectivity index (χ1v) is 18.7. The summed E-state index contributed by atoms with van der Waals surface area (Å²) in [5.74, 6) is 0.574. The molecule has 0 spiro atoms. The van der Waals surface area contributed by atoms with E-state index in [0.29, 0.717) is 5.92 Å². The molecule has 2 unspecified atom stereocenters. The van der Waals surface area contributed by atoms with Gasteiger partial charge in [-0.3, -0.25) is 0 Å². The maximum atomic E-state index is 5.69. The lowest BCUT2D eigenvalue weighted by Crippen LogP contribution is -2.06. The summed E-state index contributed by atoms with van der Waals surface area (Å²) in [6.45, 7) is 13.5. The van der Waals surface area contributed by atoms with E-state index < -0.39 is 0 Å². The standard InChI is InChI=1S/C29H30.C14H16Br2O/c1-17-9-18(2)12-22(11-17)28-24-7-6-8-25(24)29(27-16-21(5)15-26(27)28)23-13-19(3)10-20(4)14-23;1-7-6-10-11(14(7)17-2)13(16)9-5-3-4-8(9)12(10)15/h9-15H,6-8,16H2,1-5H3;7,14H,3-6H2,1-2H3. The molecule has 1 nitrogen and oxygen atoms in total. The van der Waals surface area contributed by atoms with E-state index in [1.54, 1.807) is 22.3 Å². The molecule has 0 fully saturated rings. The van der Waals surface area contributed by atoms with Crippen LogP contribution < -0.4 is 0 Å². The second-order valence-electron chi connectivity index (χ2n) is 14.5. The van der Waals surface area contributed by atoms with Crippen molar-refractivity contribution in [2.75, 3.05) is 7.11 Å². The van der Waals surface area contributed by atoms with E-state index >= 15 is 0 Å². The van der Waals surface area contributed by atoms with Gasteiger partial charge < -0.3 is 4.74 Å². The van der Waals surface area contributed by atoms with Crippen LogP contribution in [0.3, 0.4) is 0 Å². The Bertz CT molecular complexity index is 1890. The molecule has 2 atom stereocenters. The number of ether oxygens (including phenoxy) is 1. The fraction of sp³-hybridized carbons (Fsp3) is 0.395. The molecular formula is C43H46Br2O. The van der Waals surface area contributed by atoms with E-state index in [4.69, 9.17) is 4.74 Å². The minimum Gasteiger partial charge on any atom is -0.376 e. The van der Waals surface area contributed by atoms with E-state index in [1.807, 2.05) is 7.11 Å². The van der Waals surface area contributed by atoms with Gasteiger partial charge in [-0.1, -0.05) is 109 Å². The summed E-state index contributed by atoms with van der Waals surface area (Å²) < 4.78 is 8.37. The average molecular weight is 739 g/mol. The molecule has 0 heterocycles. The highest BCUT2D eigenvalue weighted by Crippen LogP contribution is 2.51. The van der Waals surface area contributed by atoms with Crippen LogP contribution in [-0.4, -0.2) is 7.11 Å². The lowest BCUT2D eigenvalue weighted by atomic mass is 9.82. The Kier molecular flexibility index (Phi) is 8.75. The second kappa shape index (κ2) is 12.5. The van der Waals surface area contributed by atoms with Gasteiger partial charge in [0.05, 0.1) is 6.10 Å². The first kappa shape index (κ1) is 32.1. The van der Waals surface area contributed by atoms with Crippen LogP contribution in [0.2, 0.25) is 0 Å². The topological polar surface area (TPSA) is 9.23 Å². The van der Waals surface area contributed by atoms with Gasteiger partial charge in [0.15, 0.2) is 0 Å². The van der Waals surface area contributed by atoms with E-state index in [1.165, 1.54) is 120 Å². The lowest BCUT2D eigenvalue weighted by Gasteiger charge is -2.22. The van der Waals surface area contributed by atoms with E-state index in [0.717, 1.165) is 12.8 Å². The molecule has 0 saturated heterocycles. The van der Waals surface area contributed by atoms with Crippen molar-refractivity contribution in [1.82, 2.24) is 0 Å². The molecule has 8 rings (SSSR count). The molecule has 0 radical (unpaired) electrons. The maximum Gasteiger partial charge on any atom is 0.0863 e. The highest BCUT2D eigenvalue weighted by atomic mass is 79.9. The Hall–Kier alpha value is -2.46. The summed E-state index contributed by atoms with van der Waals surface area (Å²) in [4.78, 5) is 0. The van der Waals surface area contributed by atoms with Crippen LogP contribution in [0.4, 0.5) is 0 Å². The van der Waals surface area contributed by atoms with Gasteiger partial charge in [0.1, 0.15) is 0 Å². The van der Waals surface area contributed by atoms with E-state index in [2.05, 4.69) is 116 Å². The Morgan fingerprint density at radius 2 is 1.11 bits per heavy atom. The molecular weight excluding hydrogens is 692 g/mol. The van der Waals surface area contributed by atoms with Crippen LogP contribution in [0.5, 0.6) is 0 Å². The predicted octanol–water partition coefficient (Wildman–Crippen LogP) is 12.3. The Morgan fingerprint density at radius 1 is 0.609 bits per heavy atom. The molecule has 0 aliphatic heterocycles. The molecule has 0 saturated carbocycles. The fourth-order valence-electron chi connectivity index (χ4n) is 9.14. The fourth-order valence-corrected chi connectivity index (χ4v) is 10.9. The van der Waals surface area contributed by atoms with Gasteiger partial charge in [-0.25, -0.2) is 0 Å². The molecule has 4 aliphatic carbocycles. The number of hydrogen-bond donors (Lipinski definition) is 0. The van der Waals surface area contributed by atoms with Gasteiger partial charge in [-0.05, 0) is 159 Å². The van der Waals surface area contributed by atoms with Crippen LogP contribution in [0, 0.1) is 33.6 Å². The van der Waals surface area contributed by atoms with Gasteiger partial charge >= 0.3 is 0 Å². The van der Waals surface area contributed by atoms with Crippen molar-refractivity contribution in [2.45, 2.75) is 99.0 Å². The number of hydrogen-bond acceptors (Lipinski definition) is 1. The number of aryl methyl sites for hydroxylation is 4. The summed E-state index contributed by atoms with van der Waals surface area (Å²) in [6.07, 6.45) is 12.3. The van der Waals surface area contributed by atoms with Crippen molar-refractivity contribution in [2.24, 2.45) is 5.92 Å². The highest BCUT2D eigenvalue weighted by Gasteiger charge is 2.36. The van der Waals surface area contributed by atoms with Crippen LogP contribution in [0.1, 0.15) is 99.6 Å². The number of rotatable bonds is 3. The van der Waals surface area contributed by atoms with Crippen LogP contribution in [-0.2, 0) is 43.3 Å². The van der Waals surface area contributed by atoms with Crippen molar-refractivity contribution in [3.8, 4) is 22.3 Å². The van der Waals surface area contributed by atoms with Crippen molar-refractivity contribution in [3.05, 3.63) is 118 Å². The molecule has 0 N–H and O–H groups in total. The average Bonchev–Trinajstić information content (AvgIpc) is 3.79. The zero-order valence-corrected chi connectivity index (χ0v) is 31.7. The zero-order chi connectivity index (χ0) is 32.4. The molecule has 0 aromatic heterocycles. The Morgan fingerprint density at radius 3 is 1.67 bits per heavy atom.